The summed E-state index contributed by atoms with van der Waals surface area (Å²) in [6.45, 7) is 1.27. The molecule has 0 amide bonds. The number of carbonyl (C=O) groups is 1. The molecule has 0 spiro atoms. The fraction of sp³-hybridized carbons (Fsp3) is 0.154. The number of rotatable bonds is 11. The standard InChI is InChI=1S/C26H24N4O8S/c1-16-11-12-21(27-14-16)30(39(33)34)25-23(38-20-10-5-4-9-19(20)35-2)26(36-3)29-24(28-25)17-7-6-8-18(13-17)37-15-22(31)32/h4-14H,15H2,1-3H3,(H,31,32)(H,33,34)/p-1. The van der Waals surface area contributed by atoms with Crippen LogP contribution in [-0.4, -0.2) is 55.6 Å². The third kappa shape index (κ3) is 6.40. The lowest BCUT2D eigenvalue weighted by molar-refractivity contribution is -0.139. The first kappa shape index (κ1) is 27.3. The third-order valence-electron chi connectivity index (χ3n) is 5.19. The average molecular weight is 552 g/mol. The number of ether oxygens (including phenoxy) is 4. The van der Waals surface area contributed by atoms with Crippen LogP contribution in [-0.2, 0) is 16.1 Å². The van der Waals surface area contributed by atoms with Crippen molar-refractivity contribution in [2.75, 3.05) is 25.1 Å². The molecule has 1 atom stereocenters. The maximum atomic E-state index is 12.6. The molecule has 2 aromatic carbocycles. The van der Waals surface area contributed by atoms with Crippen molar-refractivity contribution in [2.24, 2.45) is 0 Å². The Bertz CT molecular complexity index is 1500. The molecule has 2 heterocycles. The summed E-state index contributed by atoms with van der Waals surface area (Å²) in [7, 11) is 2.81. The van der Waals surface area contributed by atoms with Crippen LogP contribution >= 0.6 is 0 Å². The first-order valence-electron chi connectivity index (χ1n) is 11.3. The fourth-order valence-corrected chi connectivity index (χ4v) is 3.96. The summed E-state index contributed by atoms with van der Waals surface area (Å²) in [5.41, 5.74) is 1.22. The highest BCUT2D eigenvalue weighted by molar-refractivity contribution is 7.81. The summed E-state index contributed by atoms with van der Waals surface area (Å²) < 4.78 is 48.3. The highest BCUT2D eigenvalue weighted by Gasteiger charge is 2.27. The van der Waals surface area contributed by atoms with E-state index in [2.05, 4.69) is 15.0 Å². The molecule has 0 aliphatic carbocycles. The van der Waals surface area contributed by atoms with Crippen LogP contribution < -0.4 is 23.3 Å². The summed E-state index contributed by atoms with van der Waals surface area (Å²) in [6, 6.07) is 16.3. The van der Waals surface area contributed by atoms with Crippen LogP contribution in [0.1, 0.15) is 5.56 Å². The number of aromatic nitrogens is 3. The van der Waals surface area contributed by atoms with E-state index in [9.17, 15) is 13.6 Å². The van der Waals surface area contributed by atoms with Gasteiger partial charge in [-0.2, -0.15) is 4.98 Å². The van der Waals surface area contributed by atoms with Gasteiger partial charge in [-0.05, 0) is 42.8 Å². The van der Waals surface area contributed by atoms with Crippen molar-refractivity contribution in [2.45, 2.75) is 6.92 Å². The van der Waals surface area contributed by atoms with Gasteiger partial charge in [-0.25, -0.2) is 19.1 Å². The van der Waals surface area contributed by atoms with Gasteiger partial charge in [0.05, 0.1) is 25.5 Å². The quantitative estimate of drug-likeness (QED) is 0.268. The van der Waals surface area contributed by atoms with Crippen LogP contribution in [0.4, 0.5) is 11.6 Å². The summed E-state index contributed by atoms with van der Waals surface area (Å²) in [4.78, 5) is 24.1. The van der Waals surface area contributed by atoms with E-state index in [0.717, 1.165) is 9.87 Å². The Balaban J connectivity index is 1.92. The Morgan fingerprint density at radius 1 is 1.03 bits per heavy atom. The molecule has 4 aromatic rings. The molecule has 0 fully saturated rings. The number of hydrogen-bond acceptors (Lipinski definition) is 10. The lowest BCUT2D eigenvalue weighted by atomic mass is 10.2. The van der Waals surface area contributed by atoms with Gasteiger partial charge >= 0.3 is 5.97 Å². The van der Waals surface area contributed by atoms with Gasteiger partial charge in [-0.1, -0.05) is 30.3 Å². The molecule has 1 N–H and O–H groups in total. The number of carboxylic acid groups (broad SMARTS) is 1. The molecule has 0 saturated carbocycles. The van der Waals surface area contributed by atoms with E-state index in [1.165, 1.54) is 32.5 Å². The van der Waals surface area contributed by atoms with Crippen LogP contribution in [0.2, 0.25) is 0 Å². The van der Waals surface area contributed by atoms with Crippen LogP contribution in [0.5, 0.6) is 28.9 Å². The number of pyridine rings is 1. The van der Waals surface area contributed by atoms with Crippen molar-refractivity contribution in [1.29, 1.82) is 0 Å². The normalized spacial score (nSPS) is 11.4. The topological polar surface area (TPSA) is 156 Å². The van der Waals surface area contributed by atoms with Crippen molar-refractivity contribution in [3.8, 4) is 40.3 Å². The number of para-hydroxylation sites is 2. The zero-order valence-electron chi connectivity index (χ0n) is 21.1. The van der Waals surface area contributed by atoms with Gasteiger partial charge < -0.3 is 28.6 Å². The molecular weight excluding hydrogens is 528 g/mol. The maximum Gasteiger partial charge on any atom is 0.341 e. The second-order valence-electron chi connectivity index (χ2n) is 7.88. The minimum Gasteiger partial charge on any atom is -0.755 e. The number of anilines is 2. The molecule has 0 saturated heterocycles. The first-order chi connectivity index (χ1) is 18.8. The number of benzene rings is 2. The molecule has 0 bridgehead atoms. The van der Waals surface area contributed by atoms with E-state index in [1.807, 2.05) is 6.92 Å². The molecule has 12 nitrogen and oxygen atoms in total. The summed E-state index contributed by atoms with van der Waals surface area (Å²) in [5.74, 6) is -0.549. The maximum absolute atomic E-state index is 12.6. The lowest BCUT2D eigenvalue weighted by Gasteiger charge is -2.27. The predicted octanol–water partition coefficient (Wildman–Crippen LogP) is 4.05. The Labute approximate surface area is 226 Å². The first-order valence-corrected chi connectivity index (χ1v) is 12.4. The molecule has 202 valence electrons. The highest BCUT2D eigenvalue weighted by Crippen LogP contribution is 2.44. The zero-order chi connectivity index (χ0) is 27.9. The van der Waals surface area contributed by atoms with Gasteiger partial charge in [0.2, 0.25) is 5.75 Å². The van der Waals surface area contributed by atoms with Gasteiger partial charge in [0.1, 0.15) is 11.6 Å². The van der Waals surface area contributed by atoms with E-state index in [-0.39, 0.29) is 40.6 Å². The van der Waals surface area contributed by atoms with Gasteiger partial charge in [0.25, 0.3) is 5.88 Å². The van der Waals surface area contributed by atoms with E-state index in [4.69, 9.17) is 24.1 Å². The van der Waals surface area contributed by atoms with Gasteiger partial charge in [0.15, 0.2) is 29.7 Å². The molecule has 1 unspecified atom stereocenters. The molecule has 0 radical (unpaired) electrons. The van der Waals surface area contributed by atoms with Crippen molar-refractivity contribution < 1.29 is 37.6 Å². The third-order valence-corrected chi connectivity index (χ3v) is 5.85. The van der Waals surface area contributed by atoms with E-state index in [0.29, 0.717) is 11.3 Å². The summed E-state index contributed by atoms with van der Waals surface area (Å²) >= 11 is -2.90. The number of hydrogen-bond donors (Lipinski definition) is 1. The van der Waals surface area contributed by atoms with Crippen LogP contribution in [0.15, 0.2) is 66.9 Å². The number of aliphatic carboxylic acids is 1. The molecule has 39 heavy (non-hydrogen) atoms. The molecular formula is C26H23N4O8S-. The van der Waals surface area contributed by atoms with E-state index < -0.39 is 23.8 Å². The highest BCUT2D eigenvalue weighted by atomic mass is 32.2. The second kappa shape index (κ2) is 12.2. The number of nitrogens with zero attached hydrogens (tertiary/aromatic N) is 4. The summed E-state index contributed by atoms with van der Waals surface area (Å²) in [6.07, 6.45) is 1.51. The molecule has 0 aliphatic heterocycles. The van der Waals surface area contributed by atoms with E-state index >= 15 is 0 Å². The molecule has 0 aliphatic rings. The monoisotopic (exact) mass is 551 g/mol. The van der Waals surface area contributed by atoms with Crippen LogP contribution in [0, 0.1) is 6.92 Å². The lowest BCUT2D eigenvalue weighted by Crippen LogP contribution is -2.23. The van der Waals surface area contributed by atoms with Crippen molar-refractivity contribution in [3.63, 3.8) is 0 Å². The van der Waals surface area contributed by atoms with Gasteiger partial charge in [0, 0.05) is 11.8 Å². The second-order valence-corrected chi connectivity index (χ2v) is 8.68. The predicted molar refractivity (Wildman–Crippen MR) is 140 cm³/mol. The largest absolute Gasteiger partial charge is 0.755 e. The SMILES string of the molecule is COc1ccccc1Oc1c(OC)nc(-c2cccc(OCC(=O)O)c2)nc1N(c1ccc(C)cn1)S(=O)[O-]. The smallest absolute Gasteiger partial charge is 0.341 e. The zero-order valence-corrected chi connectivity index (χ0v) is 21.9. The minimum atomic E-state index is -2.90. The van der Waals surface area contributed by atoms with Crippen molar-refractivity contribution in [1.82, 2.24) is 15.0 Å². The summed E-state index contributed by atoms with van der Waals surface area (Å²) in [5, 5.41) is 8.93. The number of methoxy groups -OCH3 is 2. The van der Waals surface area contributed by atoms with Crippen molar-refractivity contribution in [3.05, 3.63) is 72.4 Å². The Kier molecular flexibility index (Phi) is 8.53. The van der Waals surface area contributed by atoms with Crippen molar-refractivity contribution >= 4 is 28.9 Å². The fourth-order valence-electron chi connectivity index (χ4n) is 3.43. The number of aryl methyl sites for hydroxylation is 1. The van der Waals surface area contributed by atoms with Gasteiger partial charge in [-0.3, -0.25) is 4.21 Å². The molecule has 13 heteroatoms. The van der Waals surface area contributed by atoms with E-state index in [1.54, 1.807) is 48.5 Å². The average Bonchev–Trinajstić information content (AvgIpc) is 2.94. The Morgan fingerprint density at radius 3 is 2.44 bits per heavy atom. The van der Waals surface area contributed by atoms with Gasteiger partial charge in [-0.15, -0.1) is 0 Å². The molecule has 4 rings (SSSR count). The Hall–Kier alpha value is -4.75. The van der Waals surface area contributed by atoms with Crippen LogP contribution in [0.25, 0.3) is 11.4 Å². The molecule has 2 aromatic heterocycles. The Morgan fingerprint density at radius 2 is 1.79 bits per heavy atom. The number of carboxylic acids is 1. The van der Waals surface area contributed by atoms with Crippen LogP contribution in [0.3, 0.4) is 0 Å². The minimum absolute atomic E-state index is 0.0454.